The van der Waals surface area contributed by atoms with E-state index >= 15 is 0 Å². The summed E-state index contributed by atoms with van der Waals surface area (Å²) in [6.07, 6.45) is 1.44. The van der Waals surface area contributed by atoms with E-state index in [2.05, 4.69) is 24.9 Å². The highest BCUT2D eigenvalue weighted by atomic mass is 32.1. The zero-order valence-electron chi connectivity index (χ0n) is 8.35. The molecule has 0 saturated heterocycles. The molecule has 1 amide bonds. The number of carbonyl (C=O) groups is 1. The fraction of sp³-hybridized carbons (Fsp3) is 0.889. The molecule has 1 N–H and O–H groups in total. The Kier molecular flexibility index (Phi) is 4.68. The van der Waals surface area contributed by atoms with Crippen molar-refractivity contribution in [2.24, 2.45) is 0 Å². The van der Waals surface area contributed by atoms with Gasteiger partial charge in [-0.1, -0.05) is 20.8 Å². The molecule has 3 heteroatoms. The van der Waals surface area contributed by atoms with E-state index in [0.29, 0.717) is 6.42 Å². The SMILES string of the molecule is CCC(C)NC(=O)CC(C)(C)S. The van der Waals surface area contributed by atoms with Crippen molar-refractivity contribution in [3.63, 3.8) is 0 Å². The van der Waals surface area contributed by atoms with Gasteiger partial charge in [-0.15, -0.1) is 0 Å². The van der Waals surface area contributed by atoms with Gasteiger partial charge in [0.25, 0.3) is 0 Å². The normalized spacial score (nSPS) is 14.1. The lowest BCUT2D eigenvalue weighted by Crippen LogP contribution is -2.35. The zero-order valence-corrected chi connectivity index (χ0v) is 9.24. The van der Waals surface area contributed by atoms with Gasteiger partial charge in [0.1, 0.15) is 0 Å². The minimum Gasteiger partial charge on any atom is -0.354 e. The summed E-state index contributed by atoms with van der Waals surface area (Å²) in [5.74, 6) is 0.0874. The number of thiol groups is 1. The molecule has 0 bridgehead atoms. The number of rotatable bonds is 4. The van der Waals surface area contributed by atoms with E-state index < -0.39 is 0 Å². The maximum absolute atomic E-state index is 11.3. The predicted octanol–water partition coefficient (Wildman–Crippen LogP) is 2.00. The lowest BCUT2D eigenvalue weighted by atomic mass is 10.1. The molecule has 0 saturated carbocycles. The van der Waals surface area contributed by atoms with Crippen LogP contribution in [0.15, 0.2) is 0 Å². The summed E-state index contributed by atoms with van der Waals surface area (Å²) in [5, 5.41) is 2.90. The fourth-order valence-electron chi connectivity index (χ4n) is 0.821. The number of carbonyl (C=O) groups excluding carboxylic acids is 1. The predicted molar refractivity (Wildman–Crippen MR) is 55.6 cm³/mol. The summed E-state index contributed by atoms with van der Waals surface area (Å²) < 4.78 is -0.211. The van der Waals surface area contributed by atoms with Gasteiger partial charge in [-0.3, -0.25) is 4.79 Å². The lowest BCUT2D eigenvalue weighted by Gasteiger charge is -2.18. The summed E-state index contributed by atoms with van der Waals surface area (Å²) in [6, 6.07) is 0.271. The molecule has 0 aromatic carbocycles. The molecule has 0 aliphatic heterocycles. The van der Waals surface area contributed by atoms with Crippen molar-refractivity contribution in [3.05, 3.63) is 0 Å². The minimum atomic E-state index is -0.211. The molecule has 0 aromatic heterocycles. The average molecular weight is 189 g/mol. The maximum atomic E-state index is 11.3. The summed E-state index contributed by atoms with van der Waals surface area (Å²) in [7, 11) is 0. The molecule has 12 heavy (non-hydrogen) atoms. The Bertz CT molecular complexity index is 151. The molecule has 0 fully saturated rings. The summed E-state index contributed by atoms with van der Waals surface area (Å²) in [4.78, 5) is 11.3. The third-order valence-corrected chi connectivity index (χ3v) is 1.77. The number of nitrogens with one attached hydrogen (secondary N) is 1. The van der Waals surface area contributed by atoms with E-state index in [9.17, 15) is 4.79 Å². The molecular formula is C9H19NOS. The van der Waals surface area contributed by atoms with Crippen molar-refractivity contribution >= 4 is 18.5 Å². The monoisotopic (exact) mass is 189 g/mol. The molecule has 2 nitrogen and oxygen atoms in total. The molecule has 0 radical (unpaired) electrons. The van der Waals surface area contributed by atoms with Crippen molar-refractivity contribution in [1.29, 1.82) is 0 Å². The average Bonchev–Trinajstić information content (AvgIpc) is 1.82. The van der Waals surface area contributed by atoms with Crippen LogP contribution >= 0.6 is 12.6 Å². The van der Waals surface area contributed by atoms with E-state index in [0.717, 1.165) is 6.42 Å². The smallest absolute Gasteiger partial charge is 0.221 e. The Morgan fingerprint density at radius 2 is 2.08 bits per heavy atom. The Balaban J connectivity index is 3.75. The van der Waals surface area contributed by atoms with Crippen LogP contribution in [0.2, 0.25) is 0 Å². The molecular weight excluding hydrogens is 170 g/mol. The van der Waals surface area contributed by atoms with Crippen molar-refractivity contribution in [2.45, 2.75) is 51.3 Å². The van der Waals surface area contributed by atoms with Gasteiger partial charge in [0.05, 0.1) is 0 Å². The molecule has 0 aliphatic rings. The zero-order chi connectivity index (χ0) is 9.78. The third-order valence-electron chi connectivity index (χ3n) is 1.61. The van der Waals surface area contributed by atoms with Crippen LogP contribution in [-0.4, -0.2) is 16.7 Å². The minimum absolute atomic E-state index is 0.0874. The van der Waals surface area contributed by atoms with Crippen LogP contribution < -0.4 is 5.32 Å². The van der Waals surface area contributed by atoms with E-state index in [4.69, 9.17) is 0 Å². The largest absolute Gasteiger partial charge is 0.354 e. The van der Waals surface area contributed by atoms with E-state index in [1.54, 1.807) is 0 Å². The third kappa shape index (κ3) is 6.53. The second-order valence-corrected chi connectivity index (χ2v) is 5.08. The van der Waals surface area contributed by atoms with Crippen molar-refractivity contribution in [3.8, 4) is 0 Å². The van der Waals surface area contributed by atoms with Crippen LogP contribution in [-0.2, 0) is 4.79 Å². The van der Waals surface area contributed by atoms with Crippen molar-refractivity contribution < 1.29 is 4.79 Å². The van der Waals surface area contributed by atoms with E-state index in [1.165, 1.54) is 0 Å². The van der Waals surface area contributed by atoms with Gasteiger partial charge in [0.2, 0.25) is 5.91 Å². The van der Waals surface area contributed by atoms with Crippen LogP contribution in [0.5, 0.6) is 0 Å². The second kappa shape index (κ2) is 4.75. The van der Waals surface area contributed by atoms with Gasteiger partial charge in [0, 0.05) is 17.2 Å². The fourth-order valence-corrected chi connectivity index (χ4v) is 0.964. The number of hydrogen-bond acceptors (Lipinski definition) is 2. The molecule has 72 valence electrons. The summed E-state index contributed by atoms with van der Waals surface area (Å²) >= 11 is 4.28. The molecule has 0 aromatic rings. The lowest BCUT2D eigenvalue weighted by molar-refractivity contribution is -0.122. The highest BCUT2D eigenvalue weighted by Crippen LogP contribution is 2.16. The standard InChI is InChI=1S/C9H19NOS/c1-5-7(2)10-8(11)6-9(3,4)12/h7,12H,5-6H2,1-4H3,(H,10,11). The first-order chi connectivity index (χ1) is 5.35. The van der Waals surface area contributed by atoms with Gasteiger partial charge in [0.15, 0.2) is 0 Å². The van der Waals surface area contributed by atoms with Gasteiger partial charge in [-0.05, 0) is 13.3 Å². The van der Waals surface area contributed by atoms with E-state index in [-0.39, 0.29) is 16.7 Å². The molecule has 0 heterocycles. The van der Waals surface area contributed by atoms with Crippen LogP contribution in [0.25, 0.3) is 0 Å². The van der Waals surface area contributed by atoms with E-state index in [1.807, 2.05) is 20.8 Å². The first-order valence-corrected chi connectivity index (χ1v) is 4.81. The topological polar surface area (TPSA) is 29.1 Å². The van der Waals surface area contributed by atoms with Crippen LogP contribution in [0, 0.1) is 0 Å². The first-order valence-electron chi connectivity index (χ1n) is 4.37. The number of hydrogen-bond donors (Lipinski definition) is 2. The van der Waals surface area contributed by atoms with Crippen LogP contribution in [0.4, 0.5) is 0 Å². The molecule has 1 unspecified atom stereocenters. The molecule has 0 rings (SSSR count). The molecule has 0 spiro atoms. The van der Waals surface area contributed by atoms with Crippen molar-refractivity contribution in [2.75, 3.05) is 0 Å². The quantitative estimate of drug-likeness (QED) is 0.651. The Morgan fingerprint density at radius 3 is 2.42 bits per heavy atom. The number of amides is 1. The maximum Gasteiger partial charge on any atom is 0.221 e. The highest BCUT2D eigenvalue weighted by molar-refractivity contribution is 7.81. The Morgan fingerprint density at radius 1 is 1.58 bits per heavy atom. The van der Waals surface area contributed by atoms with Gasteiger partial charge < -0.3 is 5.32 Å². The highest BCUT2D eigenvalue weighted by Gasteiger charge is 2.17. The van der Waals surface area contributed by atoms with Gasteiger partial charge in [-0.25, -0.2) is 0 Å². The molecule has 1 atom stereocenters. The summed E-state index contributed by atoms with van der Waals surface area (Å²) in [6.45, 7) is 7.93. The van der Waals surface area contributed by atoms with Crippen LogP contribution in [0.3, 0.4) is 0 Å². The van der Waals surface area contributed by atoms with Gasteiger partial charge in [-0.2, -0.15) is 12.6 Å². The van der Waals surface area contributed by atoms with Crippen molar-refractivity contribution in [1.82, 2.24) is 5.32 Å². The summed E-state index contributed by atoms with van der Waals surface area (Å²) in [5.41, 5.74) is 0. The van der Waals surface area contributed by atoms with Gasteiger partial charge >= 0.3 is 0 Å². The Hall–Kier alpha value is -0.180. The molecule has 0 aliphatic carbocycles. The van der Waals surface area contributed by atoms with Crippen LogP contribution in [0.1, 0.15) is 40.5 Å². The first kappa shape index (κ1) is 11.8. The Labute approximate surface area is 80.5 Å². The second-order valence-electron chi connectivity index (χ2n) is 3.87.